The second-order valence-electron chi connectivity index (χ2n) is 8.03. The Morgan fingerprint density at radius 2 is 1.60 bits per heavy atom. The van der Waals surface area contributed by atoms with Crippen molar-refractivity contribution in [1.82, 2.24) is 9.55 Å². The van der Waals surface area contributed by atoms with E-state index in [1.807, 2.05) is 66.2 Å². The molecule has 1 aromatic heterocycles. The number of aromatic nitrogens is 2. The second-order valence-corrected chi connectivity index (χ2v) is 8.03. The van der Waals surface area contributed by atoms with Gasteiger partial charge in [0, 0.05) is 25.6 Å². The number of aryl methyl sites for hydroxylation is 2. The van der Waals surface area contributed by atoms with Crippen molar-refractivity contribution >= 4 is 17.0 Å². The van der Waals surface area contributed by atoms with Crippen LogP contribution in [0.25, 0.3) is 11.0 Å². The number of carboxylic acid groups (broad SMARTS) is 1. The molecule has 0 saturated heterocycles. The van der Waals surface area contributed by atoms with Crippen LogP contribution < -0.4 is 18.9 Å². The molecular weight excluding hydrogens is 448 g/mol. The number of methoxy groups -OCH3 is 2. The first kappa shape index (κ1) is 23.9. The predicted molar refractivity (Wildman–Crippen MR) is 131 cm³/mol. The molecular formula is C27H28N2O6. The maximum absolute atomic E-state index is 11.1. The quantitative estimate of drug-likeness (QED) is 0.333. The Morgan fingerprint density at radius 1 is 0.886 bits per heavy atom. The Bertz CT molecular complexity index is 1310. The van der Waals surface area contributed by atoms with Gasteiger partial charge in [0.15, 0.2) is 0 Å². The van der Waals surface area contributed by atoms with Gasteiger partial charge in [0.25, 0.3) is 0 Å². The highest BCUT2D eigenvalue weighted by Crippen LogP contribution is 2.28. The number of benzene rings is 3. The maximum Gasteiger partial charge on any atom is 0.303 e. The largest absolute Gasteiger partial charge is 0.497 e. The molecule has 0 spiro atoms. The number of aliphatic carboxylic acids is 1. The zero-order valence-corrected chi connectivity index (χ0v) is 20.0. The standard InChI is InChI=1S/C27H28N2O6/c1-29-24-14-21(33-3)11-12-23(24)28-26(29)17-34-22-10-6-19(7-13-27(30)31)25(15-22)35-16-18-4-8-20(32-2)9-5-18/h4-6,8-12,14-15H,7,13,16-17H2,1-3H3,(H,30,31). The Balaban J connectivity index is 1.50. The number of hydrogen-bond donors (Lipinski definition) is 1. The molecule has 8 heteroatoms. The van der Waals surface area contributed by atoms with E-state index in [2.05, 4.69) is 4.98 Å². The summed E-state index contributed by atoms with van der Waals surface area (Å²) in [6, 6.07) is 18.8. The monoisotopic (exact) mass is 476 g/mol. The number of carbonyl (C=O) groups is 1. The number of fused-ring (bicyclic) bond motifs is 1. The predicted octanol–water partition coefficient (Wildman–Crippen LogP) is 4.77. The third-order valence-corrected chi connectivity index (χ3v) is 5.75. The van der Waals surface area contributed by atoms with Gasteiger partial charge in [-0.1, -0.05) is 18.2 Å². The molecule has 1 N–H and O–H groups in total. The number of hydrogen-bond acceptors (Lipinski definition) is 6. The summed E-state index contributed by atoms with van der Waals surface area (Å²) in [5.74, 6) is 2.65. The van der Waals surface area contributed by atoms with Crippen molar-refractivity contribution in [2.24, 2.45) is 7.05 Å². The molecule has 4 rings (SSSR count). The van der Waals surface area contributed by atoms with Crippen LogP contribution in [0.3, 0.4) is 0 Å². The van der Waals surface area contributed by atoms with Crippen LogP contribution in [0, 0.1) is 0 Å². The van der Waals surface area contributed by atoms with Crippen molar-refractivity contribution in [2.75, 3.05) is 14.2 Å². The lowest BCUT2D eigenvalue weighted by atomic mass is 10.1. The highest BCUT2D eigenvalue weighted by atomic mass is 16.5. The smallest absolute Gasteiger partial charge is 0.303 e. The Hall–Kier alpha value is -4.20. The van der Waals surface area contributed by atoms with Gasteiger partial charge in [0.1, 0.15) is 42.0 Å². The first-order chi connectivity index (χ1) is 17.0. The van der Waals surface area contributed by atoms with Crippen LogP contribution >= 0.6 is 0 Å². The Kier molecular flexibility index (Phi) is 7.40. The Labute approximate surface area is 203 Å². The molecule has 0 amide bonds. The first-order valence-corrected chi connectivity index (χ1v) is 11.2. The highest BCUT2D eigenvalue weighted by Gasteiger charge is 2.12. The number of rotatable bonds is 11. The zero-order chi connectivity index (χ0) is 24.8. The lowest BCUT2D eigenvalue weighted by Crippen LogP contribution is -2.05. The number of ether oxygens (including phenoxy) is 4. The van der Waals surface area contributed by atoms with Gasteiger partial charge < -0.3 is 28.6 Å². The van der Waals surface area contributed by atoms with E-state index in [1.165, 1.54) is 0 Å². The van der Waals surface area contributed by atoms with Crippen LogP contribution in [0.4, 0.5) is 0 Å². The third kappa shape index (κ3) is 5.84. The van der Waals surface area contributed by atoms with Crippen molar-refractivity contribution in [1.29, 1.82) is 0 Å². The lowest BCUT2D eigenvalue weighted by Gasteiger charge is -2.14. The topological polar surface area (TPSA) is 92.0 Å². The summed E-state index contributed by atoms with van der Waals surface area (Å²) in [7, 11) is 5.19. The summed E-state index contributed by atoms with van der Waals surface area (Å²) in [4.78, 5) is 15.8. The maximum atomic E-state index is 11.1. The van der Waals surface area contributed by atoms with Gasteiger partial charge in [0.05, 0.1) is 25.3 Å². The van der Waals surface area contributed by atoms with Gasteiger partial charge in [-0.05, 0) is 47.9 Å². The van der Waals surface area contributed by atoms with Crippen LogP contribution in [0.5, 0.6) is 23.0 Å². The minimum absolute atomic E-state index is 0.0163. The fourth-order valence-corrected chi connectivity index (χ4v) is 3.71. The molecule has 35 heavy (non-hydrogen) atoms. The zero-order valence-electron chi connectivity index (χ0n) is 20.0. The molecule has 0 fully saturated rings. The molecule has 4 aromatic rings. The van der Waals surface area contributed by atoms with Crippen LogP contribution in [0.1, 0.15) is 23.4 Å². The van der Waals surface area contributed by atoms with Crippen molar-refractivity contribution in [2.45, 2.75) is 26.1 Å². The van der Waals surface area contributed by atoms with Gasteiger partial charge in [-0.15, -0.1) is 0 Å². The molecule has 182 valence electrons. The minimum atomic E-state index is -0.857. The highest BCUT2D eigenvalue weighted by molar-refractivity contribution is 5.77. The molecule has 1 heterocycles. The molecule has 0 bridgehead atoms. The van der Waals surface area contributed by atoms with E-state index in [9.17, 15) is 4.79 Å². The van der Waals surface area contributed by atoms with E-state index < -0.39 is 5.97 Å². The van der Waals surface area contributed by atoms with Gasteiger partial charge in [-0.2, -0.15) is 0 Å². The summed E-state index contributed by atoms with van der Waals surface area (Å²) < 4.78 is 24.6. The Morgan fingerprint density at radius 3 is 2.31 bits per heavy atom. The fourth-order valence-electron chi connectivity index (χ4n) is 3.71. The molecule has 0 saturated carbocycles. The van der Waals surface area contributed by atoms with Gasteiger partial charge in [0.2, 0.25) is 0 Å². The van der Waals surface area contributed by atoms with Crippen molar-refractivity contribution in [3.8, 4) is 23.0 Å². The van der Waals surface area contributed by atoms with E-state index in [0.717, 1.165) is 39.5 Å². The van der Waals surface area contributed by atoms with Gasteiger partial charge >= 0.3 is 5.97 Å². The van der Waals surface area contributed by atoms with Crippen molar-refractivity contribution in [3.63, 3.8) is 0 Å². The van der Waals surface area contributed by atoms with E-state index in [4.69, 9.17) is 24.1 Å². The molecule has 0 aliphatic rings. The average molecular weight is 477 g/mol. The van der Waals surface area contributed by atoms with Crippen LogP contribution in [0.2, 0.25) is 0 Å². The van der Waals surface area contributed by atoms with Crippen LogP contribution in [-0.2, 0) is 31.5 Å². The van der Waals surface area contributed by atoms with Crippen LogP contribution in [0.15, 0.2) is 60.7 Å². The third-order valence-electron chi connectivity index (χ3n) is 5.75. The van der Waals surface area contributed by atoms with Crippen LogP contribution in [-0.4, -0.2) is 34.8 Å². The van der Waals surface area contributed by atoms with Crippen molar-refractivity contribution < 1.29 is 28.8 Å². The molecule has 0 aliphatic heterocycles. The summed E-state index contributed by atoms with van der Waals surface area (Å²) in [6.07, 6.45) is 0.378. The SMILES string of the molecule is COc1ccc(COc2cc(OCc3nc4ccc(OC)cc4n3C)ccc2CCC(=O)O)cc1. The molecule has 0 radical (unpaired) electrons. The van der Waals surface area contributed by atoms with Gasteiger partial charge in [-0.3, -0.25) is 4.79 Å². The number of imidazole rings is 1. The molecule has 8 nitrogen and oxygen atoms in total. The molecule has 0 unspecified atom stereocenters. The summed E-state index contributed by atoms with van der Waals surface area (Å²) in [5.41, 5.74) is 3.59. The first-order valence-electron chi connectivity index (χ1n) is 11.2. The summed E-state index contributed by atoms with van der Waals surface area (Å²) >= 11 is 0. The minimum Gasteiger partial charge on any atom is -0.497 e. The van der Waals surface area contributed by atoms with E-state index in [-0.39, 0.29) is 13.0 Å². The second kappa shape index (κ2) is 10.8. The number of nitrogens with zero attached hydrogens (tertiary/aromatic N) is 2. The summed E-state index contributed by atoms with van der Waals surface area (Å²) in [5, 5.41) is 9.11. The van der Waals surface area contributed by atoms with Gasteiger partial charge in [-0.25, -0.2) is 4.98 Å². The van der Waals surface area contributed by atoms with Crippen molar-refractivity contribution in [3.05, 3.63) is 77.6 Å². The van der Waals surface area contributed by atoms with E-state index in [1.54, 1.807) is 20.3 Å². The lowest BCUT2D eigenvalue weighted by molar-refractivity contribution is -0.136. The molecule has 3 aromatic carbocycles. The normalized spacial score (nSPS) is 10.8. The average Bonchev–Trinajstić information content (AvgIpc) is 3.20. The molecule has 0 aliphatic carbocycles. The summed E-state index contributed by atoms with van der Waals surface area (Å²) in [6.45, 7) is 0.597. The van der Waals surface area contributed by atoms with E-state index >= 15 is 0 Å². The fraction of sp³-hybridized carbons (Fsp3) is 0.259. The molecule has 0 atom stereocenters. The van der Waals surface area contributed by atoms with E-state index in [0.29, 0.717) is 24.5 Å². The number of carboxylic acids is 1.